The van der Waals surface area contributed by atoms with Gasteiger partial charge in [-0.25, -0.2) is 0 Å². The summed E-state index contributed by atoms with van der Waals surface area (Å²) < 4.78 is 0. The van der Waals surface area contributed by atoms with Crippen molar-refractivity contribution < 1.29 is 0 Å². The van der Waals surface area contributed by atoms with Crippen LogP contribution in [-0.4, -0.2) is 5.84 Å². The molecule has 0 heterocycles. The lowest BCUT2D eigenvalue weighted by molar-refractivity contribution is 0.634. The molecule has 62 valence electrons. The molecule has 0 spiro atoms. The third kappa shape index (κ3) is 5.53. The van der Waals surface area contributed by atoms with Gasteiger partial charge >= 0.3 is 0 Å². The maximum atomic E-state index is 7.03. The fourth-order valence-corrected chi connectivity index (χ4v) is 0.729. The van der Waals surface area contributed by atoms with E-state index in [0.29, 0.717) is 11.8 Å². The van der Waals surface area contributed by atoms with E-state index < -0.39 is 0 Å². The highest BCUT2D eigenvalue weighted by Gasteiger charge is 2.03. The van der Waals surface area contributed by atoms with E-state index in [1.54, 1.807) is 0 Å². The van der Waals surface area contributed by atoms with E-state index in [-0.39, 0.29) is 0 Å². The van der Waals surface area contributed by atoms with Gasteiger partial charge in [-0.15, -0.1) is 0 Å². The third-order valence-electron chi connectivity index (χ3n) is 1.43. The van der Waals surface area contributed by atoms with Crippen molar-refractivity contribution in [1.82, 2.24) is 0 Å². The molecule has 0 aromatic heterocycles. The molecule has 4 heteroatoms. The van der Waals surface area contributed by atoms with Crippen LogP contribution >= 0.6 is 0 Å². The molecule has 0 aromatic rings. The molecule has 0 unspecified atom stereocenters. The minimum absolute atomic E-state index is 0.315. The first-order valence-electron chi connectivity index (χ1n) is 3.39. The molecule has 0 saturated heterocycles. The first kappa shape index (κ1) is 12.1. The molecule has 0 rings (SSSR count). The molecule has 0 aromatic carbocycles. The third-order valence-corrected chi connectivity index (χ3v) is 1.43. The smallest absolute Gasteiger partial charge is 0.0936 e. The number of hydrogen-bond acceptors (Lipinski definition) is 3. The average Bonchev–Trinajstić information content (AvgIpc) is 1.94. The van der Waals surface area contributed by atoms with E-state index in [0.717, 1.165) is 12.8 Å². The monoisotopic (exact) mass is 146 g/mol. The zero-order valence-electron chi connectivity index (χ0n) is 6.72. The number of rotatable bonds is 3. The van der Waals surface area contributed by atoms with Crippen LogP contribution in [0.1, 0.15) is 26.7 Å². The Hall–Kier alpha value is -0.610. The summed E-state index contributed by atoms with van der Waals surface area (Å²) in [6.07, 6.45) is 1.98. The molecule has 0 saturated carbocycles. The van der Waals surface area contributed by atoms with Crippen molar-refractivity contribution in [3.63, 3.8) is 0 Å². The van der Waals surface area contributed by atoms with E-state index in [4.69, 9.17) is 11.1 Å². The lowest BCUT2D eigenvalue weighted by Crippen LogP contribution is -2.20. The number of hydrazine groups is 1. The standard InChI is InChI=1S/C6H14N2.H4N2/c1-3-5(4-2)6(7)8;1-2/h5H,3-4H2,1-2H3,(H3,7,8);1-2H2. The summed E-state index contributed by atoms with van der Waals surface area (Å²) in [5, 5.41) is 7.03. The van der Waals surface area contributed by atoms with E-state index in [2.05, 4.69) is 25.5 Å². The lowest BCUT2D eigenvalue weighted by Gasteiger charge is -2.07. The average molecular weight is 146 g/mol. The molecule has 0 aliphatic rings. The summed E-state index contributed by atoms with van der Waals surface area (Å²) in [6.45, 7) is 4.10. The number of hydrogen-bond donors (Lipinski definition) is 4. The molecule has 10 heavy (non-hydrogen) atoms. The van der Waals surface area contributed by atoms with Crippen LogP contribution in [0.25, 0.3) is 0 Å². The van der Waals surface area contributed by atoms with Gasteiger partial charge in [-0.05, 0) is 12.8 Å². The van der Waals surface area contributed by atoms with E-state index >= 15 is 0 Å². The van der Waals surface area contributed by atoms with Crippen LogP contribution in [0.2, 0.25) is 0 Å². The Labute approximate surface area is 62.2 Å². The fraction of sp³-hybridized carbons (Fsp3) is 0.833. The van der Waals surface area contributed by atoms with Crippen LogP contribution in [0, 0.1) is 11.3 Å². The molecule has 0 bridgehead atoms. The second-order valence-corrected chi connectivity index (χ2v) is 1.97. The predicted octanol–water partition coefficient (Wildman–Crippen LogP) is 0.177. The Kier molecular flexibility index (Phi) is 10.2. The number of nitrogens with two attached hydrogens (primary N) is 3. The second kappa shape index (κ2) is 8.39. The highest BCUT2D eigenvalue weighted by molar-refractivity contribution is 5.79. The fourth-order valence-electron chi connectivity index (χ4n) is 0.729. The Morgan fingerprint density at radius 2 is 1.60 bits per heavy atom. The lowest BCUT2D eigenvalue weighted by atomic mass is 10.0. The topological polar surface area (TPSA) is 102 Å². The highest BCUT2D eigenvalue weighted by Crippen LogP contribution is 2.04. The van der Waals surface area contributed by atoms with Crippen LogP contribution in [-0.2, 0) is 0 Å². The van der Waals surface area contributed by atoms with Crippen molar-refractivity contribution in [2.75, 3.05) is 0 Å². The van der Waals surface area contributed by atoms with E-state index in [1.165, 1.54) is 0 Å². The summed E-state index contributed by atoms with van der Waals surface area (Å²) in [7, 11) is 0. The van der Waals surface area contributed by atoms with Crippen LogP contribution in [0.5, 0.6) is 0 Å². The Morgan fingerprint density at radius 1 is 1.30 bits per heavy atom. The predicted molar refractivity (Wildman–Crippen MR) is 44.4 cm³/mol. The molecule has 7 N–H and O–H groups in total. The first-order chi connectivity index (χ1) is 4.72. The maximum Gasteiger partial charge on any atom is 0.0936 e. The van der Waals surface area contributed by atoms with Crippen molar-refractivity contribution in [2.24, 2.45) is 23.3 Å². The van der Waals surface area contributed by atoms with Crippen molar-refractivity contribution in [3.05, 3.63) is 0 Å². The molecule has 0 fully saturated rings. The van der Waals surface area contributed by atoms with Crippen LogP contribution in [0.15, 0.2) is 0 Å². The molecular weight excluding hydrogens is 128 g/mol. The van der Waals surface area contributed by atoms with Crippen LogP contribution in [0.3, 0.4) is 0 Å². The van der Waals surface area contributed by atoms with Gasteiger partial charge in [-0.3, -0.25) is 17.1 Å². The highest BCUT2D eigenvalue weighted by atomic mass is 15.0. The van der Waals surface area contributed by atoms with Crippen molar-refractivity contribution in [2.45, 2.75) is 26.7 Å². The van der Waals surface area contributed by atoms with Gasteiger partial charge in [0.1, 0.15) is 0 Å². The molecule has 0 aliphatic carbocycles. The SMILES string of the molecule is CCC(CC)C(=N)N.NN. The summed E-state index contributed by atoms with van der Waals surface area (Å²) in [4.78, 5) is 0. The van der Waals surface area contributed by atoms with Crippen LogP contribution in [0.4, 0.5) is 0 Å². The van der Waals surface area contributed by atoms with Gasteiger partial charge in [0.25, 0.3) is 0 Å². The normalized spacial score (nSPS) is 8.50. The summed E-state index contributed by atoms with van der Waals surface area (Å²) >= 11 is 0. The molecule has 4 nitrogen and oxygen atoms in total. The van der Waals surface area contributed by atoms with Crippen molar-refractivity contribution in [1.29, 1.82) is 5.41 Å². The van der Waals surface area contributed by atoms with Gasteiger partial charge in [-0.2, -0.15) is 0 Å². The Balaban J connectivity index is 0. The van der Waals surface area contributed by atoms with Gasteiger partial charge in [0, 0.05) is 5.92 Å². The minimum atomic E-state index is 0.315. The zero-order valence-corrected chi connectivity index (χ0v) is 6.72. The zero-order chi connectivity index (χ0) is 8.57. The first-order valence-corrected chi connectivity index (χ1v) is 3.39. The quantitative estimate of drug-likeness (QED) is 0.198. The second-order valence-electron chi connectivity index (χ2n) is 1.97. The summed E-state index contributed by atoms with van der Waals surface area (Å²) in [5.41, 5.74) is 5.24. The van der Waals surface area contributed by atoms with Gasteiger partial charge in [-0.1, -0.05) is 13.8 Å². The Bertz CT molecular complexity index is 77.8. The molecule has 0 aliphatic heterocycles. The van der Waals surface area contributed by atoms with Gasteiger partial charge in [0.05, 0.1) is 5.84 Å². The molecule has 0 atom stereocenters. The summed E-state index contributed by atoms with van der Waals surface area (Å²) in [5.74, 6) is 8.64. The van der Waals surface area contributed by atoms with E-state index in [9.17, 15) is 0 Å². The maximum absolute atomic E-state index is 7.03. The molecular formula is C6H18N4. The van der Waals surface area contributed by atoms with Crippen molar-refractivity contribution in [3.8, 4) is 0 Å². The van der Waals surface area contributed by atoms with Crippen molar-refractivity contribution >= 4 is 5.84 Å². The minimum Gasteiger partial charge on any atom is -0.387 e. The van der Waals surface area contributed by atoms with E-state index in [1.807, 2.05) is 0 Å². The molecule has 0 amide bonds. The molecule has 0 radical (unpaired) electrons. The number of amidine groups is 1. The number of nitrogens with one attached hydrogen (secondary N) is 1. The van der Waals surface area contributed by atoms with Gasteiger partial charge in [0.2, 0.25) is 0 Å². The summed E-state index contributed by atoms with van der Waals surface area (Å²) in [6, 6.07) is 0. The van der Waals surface area contributed by atoms with Gasteiger partial charge in [0.15, 0.2) is 0 Å². The van der Waals surface area contributed by atoms with Crippen LogP contribution < -0.4 is 17.4 Å². The van der Waals surface area contributed by atoms with Gasteiger partial charge < -0.3 is 5.73 Å². The largest absolute Gasteiger partial charge is 0.387 e. The Morgan fingerprint density at radius 3 is 1.60 bits per heavy atom.